The van der Waals surface area contributed by atoms with Gasteiger partial charge in [-0.25, -0.2) is 9.32 Å². The molecule has 0 aromatic carbocycles. The Kier molecular flexibility index (Phi) is 2.93. The molecule has 2 rings (SSSR count). The highest BCUT2D eigenvalue weighted by Gasteiger charge is 2.56. The summed E-state index contributed by atoms with van der Waals surface area (Å²) >= 11 is 0. The Labute approximate surface area is 95.0 Å². The molecular formula is C9H16N2O4S. The zero-order valence-corrected chi connectivity index (χ0v) is 9.83. The number of nitrogens with two attached hydrogens (primary N) is 1. The van der Waals surface area contributed by atoms with E-state index in [4.69, 9.17) is 9.32 Å². The van der Waals surface area contributed by atoms with Gasteiger partial charge in [-0.1, -0.05) is 0 Å². The van der Waals surface area contributed by atoms with Crippen LogP contribution in [0, 0.1) is 0 Å². The molecule has 7 heteroatoms. The van der Waals surface area contributed by atoms with Gasteiger partial charge in [-0.15, -0.1) is 0 Å². The van der Waals surface area contributed by atoms with Crippen molar-refractivity contribution in [3.05, 3.63) is 0 Å². The fourth-order valence-electron chi connectivity index (χ4n) is 2.05. The lowest BCUT2D eigenvalue weighted by molar-refractivity contribution is -0.141. The van der Waals surface area contributed by atoms with Crippen molar-refractivity contribution < 1.29 is 17.4 Å². The summed E-state index contributed by atoms with van der Waals surface area (Å²) in [6.45, 7) is 1.38. The molecular weight excluding hydrogens is 232 g/mol. The van der Waals surface area contributed by atoms with Crippen LogP contribution < -0.4 is 5.14 Å². The summed E-state index contributed by atoms with van der Waals surface area (Å²) in [7, 11) is -4.05. The van der Waals surface area contributed by atoms with E-state index in [-0.39, 0.29) is 5.91 Å². The molecule has 1 aliphatic heterocycles. The Morgan fingerprint density at radius 3 is 2.19 bits per heavy atom. The Morgan fingerprint density at radius 2 is 1.75 bits per heavy atom. The van der Waals surface area contributed by atoms with Gasteiger partial charge in [0.15, 0.2) is 5.60 Å². The van der Waals surface area contributed by atoms with Crippen LogP contribution in [-0.4, -0.2) is 37.9 Å². The third-order valence-corrected chi connectivity index (χ3v) is 3.56. The molecule has 0 aromatic heterocycles. The summed E-state index contributed by atoms with van der Waals surface area (Å²) in [6, 6.07) is 0. The molecule has 1 aliphatic carbocycles. The van der Waals surface area contributed by atoms with Gasteiger partial charge in [0.25, 0.3) is 5.91 Å². The molecule has 1 saturated carbocycles. The molecule has 92 valence electrons. The first kappa shape index (κ1) is 11.8. The molecule has 0 atom stereocenters. The van der Waals surface area contributed by atoms with Crippen molar-refractivity contribution in [2.75, 3.05) is 13.1 Å². The summed E-state index contributed by atoms with van der Waals surface area (Å²) < 4.78 is 26.4. The van der Waals surface area contributed by atoms with Gasteiger partial charge in [-0.3, -0.25) is 4.79 Å². The minimum atomic E-state index is -4.05. The minimum absolute atomic E-state index is 0.221. The predicted molar refractivity (Wildman–Crippen MR) is 56.6 cm³/mol. The average molecular weight is 248 g/mol. The van der Waals surface area contributed by atoms with Gasteiger partial charge in [-0.05, 0) is 32.1 Å². The number of rotatable bonds is 3. The molecule has 0 unspecified atom stereocenters. The van der Waals surface area contributed by atoms with Crippen LogP contribution in [0.3, 0.4) is 0 Å². The zero-order chi connectivity index (χ0) is 11.8. The van der Waals surface area contributed by atoms with Gasteiger partial charge >= 0.3 is 10.3 Å². The van der Waals surface area contributed by atoms with E-state index in [0.717, 1.165) is 19.3 Å². The van der Waals surface area contributed by atoms with E-state index in [0.29, 0.717) is 25.9 Å². The van der Waals surface area contributed by atoms with Crippen molar-refractivity contribution in [3.8, 4) is 0 Å². The number of likely N-dealkylation sites (tertiary alicyclic amines) is 1. The molecule has 1 amide bonds. The monoisotopic (exact) mass is 248 g/mol. The van der Waals surface area contributed by atoms with Crippen LogP contribution in [0.2, 0.25) is 0 Å². The molecule has 6 nitrogen and oxygen atoms in total. The second-order valence-corrected chi connectivity index (χ2v) is 5.58. The van der Waals surface area contributed by atoms with E-state index in [1.165, 1.54) is 0 Å². The maximum absolute atomic E-state index is 12.0. The van der Waals surface area contributed by atoms with Crippen molar-refractivity contribution in [1.29, 1.82) is 0 Å². The van der Waals surface area contributed by atoms with E-state index >= 15 is 0 Å². The first-order valence-corrected chi connectivity index (χ1v) is 6.93. The van der Waals surface area contributed by atoms with E-state index in [9.17, 15) is 13.2 Å². The Bertz CT molecular complexity index is 382. The molecule has 2 aliphatic rings. The largest absolute Gasteiger partial charge is 0.340 e. The second kappa shape index (κ2) is 3.97. The number of carbonyl (C=O) groups is 1. The van der Waals surface area contributed by atoms with Gasteiger partial charge in [-0.2, -0.15) is 8.42 Å². The van der Waals surface area contributed by atoms with Gasteiger partial charge in [0.05, 0.1) is 0 Å². The maximum Gasteiger partial charge on any atom is 0.334 e. The lowest BCUT2D eigenvalue weighted by Crippen LogP contribution is -2.46. The number of amides is 1. The fourth-order valence-corrected chi connectivity index (χ4v) is 2.74. The third kappa shape index (κ3) is 2.53. The van der Waals surface area contributed by atoms with Crippen molar-refractivity contribution >= 4 is 16.2 Å². The first-order chi connectivity index (χ1) is 7.43. The smallest absolute Gasteiger partial charge is 0.334 e. The Hall–Kier alpha value is -0.660. The van der Waals surface area contributed by atoms with Gasteiger partial charge in [0, 0.05) is 13.1 Å². The van der Waals surface area contributed by atoms with E-state index in [1.54, 1.807) is 4.90 Å². The van der Waals surface area contributed by atoms with Crippen LogP contribution in [0.1, 0.15) is 32.1 Å². The van der Waals surface area contributed by atoms with Gasteiger partial charge in [0.2, 0.25) is 0 Å². The lowest BCUT2D eigenvalue weighted by Gasteiger charge is -2.29. The molecule has 0 aromatic rings. The lowest BCUT2D eigenvalue weighted by atomic mass is 10.1. The summed E-state index contributed by atoms with van der Waals surface area (Å²) in [4.78, 5) is 13.7. The van der Waals surface area contributed by atoms with Crippen LogP contribution in [0.25, 0.3) is 0 Å². The zero-order valence-electron chi connectivity index (χ0n) is 9.02. The standard InChI is InChI=1S/C9H16N2O4S/c10-16(13,14)15-9(4-5-9)8(12)11-6-2-1-3-7-11/h1-7H2,(H2,10,13,14). The second-order valence-electron chi connectivity index (χ2n) is 4.42. The number of carbonyl (C=O) groups excluding carboxylic acids is 1. The normalized spacial score (nSPS) is 24.2. The molecule has 0 bridgehead atoms. The van der Waals surface area contributed by atoms with E-state index in [1.807, 2.05) is 0 Å². The van der Waals surface area contributed by atoms with Crippen molar-refractivity contribution in [3.63, 3.8) is 0 Å². The quantitative estimate of drug-likeness (QED) is 0.746. The molecule has 16 heavy (non-hydrogen) atoms. The van der Waals surface area contributed by atoms with E-state index in [2.05, 4.69) is 0 Å². The average Bonchev–Trinajstić information content (AvgIpc) is 2.96. The van der Waals surface area contributed by atoms with Crippen LogP contribution >= 0.6 is 0 Å². The number of hydrogen-bond acceptors (Lipinski definition) is 4. The summed E-state index contributed by atoms with van der Waals surface area (Å²) in [5.41, 5.74) is -1.18. The van der Waals surface area contributed by atoms with Gasteiger partial charge in [0.1, 0.15) is 0 Å². The predicted octanol–water partition coefficient (Wildman–Crippen LogP) is -0.248. The Morgan fingerprint density at radius 1 is 1.19 bits per heavy atom. The first-order valence-electron chi connectivity index (χ1n) is 5.46. The van der Waals surface area contributed by atoms with Crippen molar-refractivity contribution in [2.45, 2.75) is 37.7 Å². The van der Waals surface area contributed by atoms with E-state index < -0.39 is 15.9 Å². The number of piperidine rings is 1. The van der Waals surface area contributed by atoms with Gasteiger partial charge < -0.3 is 4.90 Å². The molecule has 1 heterocycles. The minimum Gasteiger partial charge on any atom is -0.340 e. The molecule has 2 N–H and O–H groups in total. The van der Waals surface area contributed by atoms with Crippen molar-refractivity contribution in [1.82, 2.24) is 4.90 Å². The number of hydrogen-bond donors (Lipinski definition) is 1. The highest BCUT2D eigenvalue weighted by molar-refractivity contribution is 7.84. The summed E-state index contributed by atoms with van der Waals surface area (Å²) in [6.07, 6.45) is 3.94. The summed E-state index contributed by atoms with van der Waals surface area (Å²) in [5.74, 6) is -0.221. The topological polar surface area (TPSA) is 89.7 Å². The highest BCUT2D eigenvalue weighted by atomic mass is 32.2. The van der Waals surface area contributed by atoms with Crippen LogP contribution in [-0.2, 0) is 19.3 Å². The van der Waals surface area contributed by atoms with Crippen LogP contribution in [0.4, 0.5) is 0 Å². The third-order valence-electron chi connectivity index (χ3n) is 3.01. The SMILES string of the molecule is NS(=O)(=O)OC1(C(=O)N2CCCCC2)CC1. The highest BCUT2D eigenvalue weighted by Crippen LogP contribution is 2.42. The van der Waals surface area contributed by atoms with Crippen LogP contribution in [0.5, 0.6) is 0 Å². The van der Waals surface area contributed by atoms with Crippen LogP contribution in [0.15, 0.2) is 0 Å². The maximum atomic E-state index is 12.0. The summed E-state index contributed by atoms with van der Waals surface area (Å²) in [5, 5.41) is 4.81. The molecule has 0 radical (unpaired) electrons. The Balaban J connectivity index is 2.03. The number of nitrogens with zero attached hydrogens (tertiary/aromatic N) is 1. The molecule has 0 spiro atoms. The van der Waals surface area contributed by atoms with Crippen molar-refractivity contribution in [2.24, 2.45) is 5.14 Å². The fraction of sp³-hybridized carbons (Fsp3) is 0.889. The molecule has 1 saturated heterocycles. The molecule has 2 fully saturated rings.